The lowest BCUT2D eigenvalue weighted by atomic mass is 10.2. The summed E-state index contributed by atoms with van der Waals surface area (Å²) in [6.07, 6.45) is 2.22. The molecule has 0 bridgehead atoms. The van der Waals surface area contributed by atoms with Crippen LogP contribution in [0.15, 0.2) is 12.7 Å². The van der Waals surface area contributed by atoms with E-state index in [1.807, 2.05) is 0 Å². The first-order valence-corrected chi connectivity index (χ1v) is 4.36. The van der Waals surface area contributed by atoms with Gasteiger partial charge >= 0.3 is 12.1 Å². The van der Waals surface area contributed by atoms with Crippen molar-refractivity contribution in [1.29, 1.82) is 0 Å². The van der Waals surface area contributed by atoms with Crippen LogP contribution in [-0.4, -0.2) is 29.3 Å². The molecule has 2 N–H and O–H groups in total. The van der Waals surface area contributed by atoms with E-state index in [1.54, 1.807) is 0 Å². The summed E-state index contributed by atoms with van der Waals surface area (Å²) < 4.78 is 4.69. The van der Waals surface area contributed by atoms with Crippen LogP contribution in [0, 0.1) is 0 Å². The number of carboxylic acid groups (broad SMARTS) is 1. The minimum atomic E-state index is -0.911. The zero-order valence-corrected chi connectivity index (χ0v) is 7.78. The quantitative estimate of drug-likeness (QED) is 0.645. The van der Waals surface area contributed by atoms with Crippen LogP contribution in [0.5, 0.6) is 0 Å². The highest BCUT2D eigenvalue weighted by molar-refractivity contribution is 5.73. The van der Waals surface area contributed by atoms with Crippen molar-refractivity contribution in [3.63, 3.8) is 0 Å². The zero-order valence-electron chi connectivity index (χ0n) is 7.78. The van der Waals surface area contributed by atoms with E-state index in [0.29, 0.717) is 12.8 Å². The fraction of sp³-hybridized carbons (Fsp3) is 0.556. The third-order valence-corrected chi connectivity index (χ3v) is 2.04. The molecule has 0 aliphatic heterocycles. The van der Waals surface area contributed by atoms with Gasteiger partial charge in [-0.3, -0.25) is 4.79 Å². The summed E-state index contributed by atoms with van der Waals surface area (Å²) >= 11 is 0. The van der Waals surface area contributed by atoms with Crippen molar-refractivity contribution < 1.29 is 19.4 Å². The standard InChI is InChI=1S/C9H13NO4/c1-2-5-14-8(13)10-9(3-4-9)6-7(11)12/h2H,1,3-6H2,(H,10,13)(H,11,12). The predicted molar refractivity (Wildman–Crippen MR) is 48.9 cm³/mol. The van der Waals surface area contributed by atoms with Gasteiger partial charge in [0.15, 0.2) is 0 Å². The van der Waals surface area contributed by atoms with E-state index in [2.05, 4.69) is 16.6 Å². The van der Waals surface area contributed by atoms with Crippen LogP contribution in [0.1, 0.15) is 19.3 Å². The molecule has 0 radical (unpaired) electrons. The summed E-state index contributed by atoms with van der Waals surface area (Å²) in [5.74, 6) is -0.911. The molecule has 14 heavy (non-hydrogen) atoms. The average Bonchev–Trinajstić information content (AvgIpc) is 2.80. The molecule has 1 rings (SSSR count). The SMILES string of the molecule is C=CCOC(=O)NC1(CC(=O)O)CC1. The van der Waals surface area contributed by atoms with Crippen LogP contribution >= 0.6 is 0 Å². The molecular weight excluding hydrogens is 186 g/mol. The third-order valence-electron chi connectivity index (χ3n) is 2.04. The Balaban J connectivity index is 2.32. The van der Waals surface area contributed by atoms with Crippen LogP contribution < -0.4 is 5.32 Å². The summed E-state index contributed by atoms with van der Waals surface area (Å²) in [7, 11) is 0. The monoisotopic (exact) mass is 199 g/mol. The number of rotatable bonds is 5. The number of aliphatic carboxylic acids is 1. The second kappa shape index (κ2) is 4.13. The maximum absolute atomic E-state index is 11.1. The van der Waals surface area contributed by atoms with E-state index >= 15 is 0 Å². The predicted octanol–water partition coefficient (Wildman–Crippen LogP) is 0.906. The average molecular weight is 199 g/mol. The normalized spacial score (nSPS) is 16.9. The first kappa shape index (κ1) is 10.6. The second-order valence-electron chi connectivity index (χ2n) is 3.36. The summed E-state index contributed by atoms with van der Waals surface area (Å²) in [5.41, 5.74) is -0.565. The van der Waals surface area contributed by atoms with Crippen LogP contribution in [0.25, 0.3) is 0 Å². The molecule has 5 nitrogen and oxygen atoms in total. The lowest BCUT2D eigenvalue weighted by molar-refractivity contribution is -0.137. The lowest BCUT2D eigenvalue weighted by Gasteiger charge is -2.14. The van der Waals surface area contributed by atoms with Crippen molar-refractivity contribution in [3.05, 3.63) is 12.7 Å². The van der Waals surface area contributed by atoms with Gasteiger partial charge in [-0.2, -0.15) is 0 Å². The van der Waals surface area contributed by atoms with Gasteiger partial charge in [-0.25, -0.2) is 4.79 Å². The molecule has 0 unspecified atom stereocenters. The molecule has 1 aliphatic rings. The molecule has 0 aromatic carbocycles. The highest BCUT2D eigenvalue weighted by Gasteiger charge is 2.46. The summed E-state index contributed by atoms with van der Waals surface area (Å²) in [6.45, 7) is 3.53. The number of nitrogens with one attached hydrogen (secondary N) is 1. The number of carbonyl (C=O) groups is 2. The molecule has 0 aromatic rings. The fourth-order valence-corrected chi connectivity index (χ4v) is 1.17. The minimum Gasteiger partial charge on any atom is -0.481 e. The van der Waals surface area contributed by atoms with E-state index < -0.39 is 17.6 Å². The number of amides is 1. The smallest absolute Gasteiger partial charge is 0.407 e. The Morgan fingerprint density at radius 1 is 1.57 bits per heavy atom. The molecule has 0 spiro atoms. The van der Waals surface area contributed by atoms with Gasteiger partial charge in [-0.1, -0.05) is 12.7 Å². The van der Waals surface area contributed by atoms with Gasteiger partial charge < -0.3 is 15.2 Å². The van der Waals surface area contributed by atoms with Crippen molar-refractivity contribution in [3.8, 4) is 0 Å². The molecule has 78 valence electrons. The number of hydrogen-bond acceptors (Lipinski definition) is 3. The third kappa shape index (κ3) is 3.08. The summed E-state index contributed by atoms with van der Waals surface area (Å²) in [4.78, 5) is 21.5. The van der Waals surface area contributed by atoms with Crippen LogP contribution in [0.2, 0.25) is 0 Å². The maximum Gasteiger partial charge on any atom is 0.407 e. The molecule has 0 saturated heterocycles. The Bertz CT molecular complexity index is 258. The summed E-state index contributed by atoms with van der Waals surface area (Å²) in [5, 5.41) is 11.1. The molecule has 1 saturated carbocycles. The number of carboxylic acids is 1. The first-order chi connectivity index (χ1) is 6.58. The summed E-state index contributed by atoms with van der Waals surface area (Å²) in [6, 6.07) is 0. The first-order valence-electron chi connectivity index (χ1n) is 4.36. The van der Waals surface area contributed by atoms with Gasteiger partial charge in [0.05, 0.1) is 12.0 Å². The van der Waals surface area contributed by atoms with Crippen LogP contribution in [0.3, 0.4) is 0 Å². The topological polar surface area (TPSA) is 75.6 Å². The fourth-order valence-electron chi connectivity index (χ4n) is 1.17. The molecule has 0 heterocycles. The Morgan fingerprint density at radius 3 is 2.64 bits per heavy atom. The number of carbonyl (C=O) groups excluding carboxylic acids is 1. The molecule has 1 aliphatic carbocycles. The van der Waals surface area contributed by atoms with Gasteiger partial charge in [0.1, 0.15) is 6.61 Å². The Kier molecular flexibility index (Phi) is 3.11. The highest BCUT2D eigenvalue weighted by atomic mass is 16.5. The zero-order chi connectivity index (χ0) is 10.6. The van der Waals surface area contributed by atoms with E-state index in [9.17, 15) is 9.59 Å². The number of ether oxygens (including phenoxy) is 1. The Morgan fingerprint density at radius 2 is 2.21 bits per heavy atom. The molecule has 1 fully saturated rings. The number of alkyl carbamates (subject to hydrolysis) is 1. The highest BCUT2D eigenvalue weighted by Crippen LogP contribution is 2.38. The largest absolute Gasteiger partial charge is 0.481 e. The van der Waals surface area contributed by atoms with Crippen molar-refractivity contribution in [2.24, 2.45) is 0 Å². The van der Waals surface area contributed by atoms with Gasteiger partial charge in [0, 0.05) is 0 Å². The molecule has 5 heteroatoms. The Labute approximate surface area is 81.7 Å². The maximum atomic E-state index is 11.1. The second-order valence-corrected chi connectivity index (χ2v) is 3.36. The van der Waals surface area contributed by atoms with Crippen molar-refractivity contribution >= 4 is 12.1 Å². The van der Waals surface area contributed by atoms with Gasteiger partial charge in [-0.05, 0) is 12.8 Å². The molecule has 0 atom stereocenters. The van der Waals surface area contributed by atoms with Crippen LogP contribution in [-0.2, 0) is 9.53 Å². The Hall–Kier alpha value is -1.52. The molecular formula is C9H13NO4. The van der Waals surface area contributed by atoms with Crippen molar-refractivity contribution in [2.45, 2.75) is 24.8 Å². The van der Waals surface area contributed by atoms with Crippen molar-refractivity contribution in [2.75, 3.05) is 6.61 Å². The van der Waals surface area contributed by atoms with Gasteiger partial charge in [0.2, 0.25) is 0 Å². The molecule has 0 aromatic heterocycles. The lowest BCUT2D eigenvalue weighted by Crippen LogP contribution is -2.38. The van der Waals surface area contributed by atoms with E-state index in [4.69, 9.17) is 5.11 Å². The van der Waals surface area contributed by atoms with Crippen LogP contribution in [0.4, 0.5) is 4.79 Å². The van der Waals surface area contributed by atoms with E-state index in [-0.39, 0.29) is 13.0 Å². The van der Waals surface area contributed by atoms with Crippen molar-refractivity contribution in [1.82, 2.24) is 5.32 Å². The molecule has 1 amide bonds. The minimum absolute atomic E-state index is 0.0454. The van der Waals surface area contributed by atoms with E-state index in [0.717, 1.165) is 0 Å². The van der Waals surface area contributed by atoms with E-state index in [1.165, 1.54) is 6.08 Å². The van der Waals surface area contributed by atoms with Gasteiger partial charge in [-0.15, -0.1) is 0 Å². The number of hydrogen-bond donors (Lipinski definition) is 2. The van der Waals surface area contributed by atoms with Gasteiger partial charge in [0.25, 0.3) is 0 Å².